The molecule has 1 amide bonds. The SMILES string of the molecule is O=C(CC1CC1)N1CC[C@@H]2[C@@H]1CCN2c1ncccn1. The van der Waals surface area contributed by atoms with Gasteiger partial charge in [-0.3, -0.25) is 4.79 Å². The van der Waals surface area contributed by atoms with E-state index in [1.807, 2.05) is 6.07 Å². The number of likely N-dealkylation sites (tertiary alicyclic amines) is 1. The number of nitrogens with zero attached hydrogens (tertiary/aromatic N) is 4. The molecule has 1 aromatic rings. The van der Waals surface area contributed by atoms with E-state index in [2.05, 4.69) is 19.8 Å². The van der Waals surface area contributed by atoms with Crippen LogP contribution in [-0.4, -0.2) is 45.9 Å². The molecule has 4 rings (SSSR count). The summed E-state index contributed by atoms with van der Waals surface area (Å²) >= 11 is 0. The third kappa shape index (κ3) is 2.05. The van der Waals surface area contributed by atoms with Gasteiger partial charge < -0.3 is 9.80 Å². The minimum Gasteiger partial charge on any atom is -0.337 e. The fourth-order valence-electron chi connectivity index (χ4n) is 3.67. The highest BCUT2D eigenvalue weighted by Crippen LogP contribution is 2.37. The Morgan fingerprint density at radius 2 is 1.85 bits per heavy atom. The van der Waals surface area contributed by atoms with Gasteiger partial charge in [-0.05, 0) is 37.7 Å². The summed E-state index contributed by atoms with van der Waals surface area (Å²) in [5.41, 5.74) is 0. The predicted molar refractivity (Wildman–Crippen MR) is 75.2 cm³/mol. The van der Waals surface area contributed by atoms with Crippen molar-refractivity contribution in [1.82, 2.24) is 14.9 Å². The molecular weight excluding hydrogens is 252 g/mol. The Hall–Kier alpha value is -1.65. The zero-order valence-electron chi connectivity index (χ0n) is 11.6. The molecule has 106 valence electrons. The topological polar surface area (TPSA) is 49.3 Å². The average Bonchev–Trinajstić information content (AvgIpc) is 3.03. The number of anilines is 1. The molecule has 5 nitrogen and oxygen atoms in total. The summed E-state index contributed by atoms with van der Waals surface area (Å²) in [5.74, 6) is 1.86. The minimum absolute atomic E-state index is 0.371. The third-order valence-corrected chi connectivity index (χ3v) is 4.87. The summed E-state index contributed by atoms with van der Waals surface area (Å²) in [6.07, 6.45) is 8.96. The zero-order chi connectivity index (χ0) is 13.5. The Labute approximate surface area is 119 Å². The van der Waals surface area contributed by atoms with Crippen LogP contribution in [0, 0.1) is 5.92 Å². The van der Waals surface area contributed by atoms with Crippen LogP contribution in [0.25, 0.3) is 0 Å². The summed E-state index contributed by atoms with van der Waals surface area (Å²) < 4.78 is 0. The van der Waals surface area contributed by atoms with Crippen molar-refractivity contribution in [2.45, 2.75) is 44.2 Å². The highest BCUT2D eigenvalue weighted by molar-refractivity contribution is 5.77. The third-order valence-electron chi connectivity index (χ3n) is 4.87. The maximum atomic E-state index is 12.4. The van der Waals surface area contributed by atoms with E-state index in [9.17, 15) is 4.79 Å². The molecule has 0 radical (unpaired) electrons. The first-order chi connectivity index (χ1) is 9.83. The highest BCUT2D eigenvalue weighted by Gasteiger charge is 2.45. The van der Waals surface area contributed by atoms with Crippen molar-refractivity contribution in [3.8, 4) is 0 Å². The first-order valence-corrected chi connectivity index (χ1v) is 7.66. The average molecular weight is 272 g/mol. The van der Waals surface area contributed by atoms with Gasteiger partial charge in [0.2, 0.25) is 11.9 Å². The van der Waals surface area contributed by atoms with Crippen molar-refractivity contribution in [2.75, 3.05) is 18.0 Å². The number of fused-ring (bicyclic) bond motifs is 1. The Morgan fingerprint density at radius 1 is 1.10 bits per heavy atom. The smallest absolute Gasteiger partial charge is 0.225 e. The Balaban J connectivity index is 1.47. The van der Waals surface area contributed by atoms with Gasteiger partial charge in [-0.25, -0.2) is 9.97 Å². The first-order valence-electron chi connectivity index (χ1n) is 7.66. The molecule has 20 heavy (non-hydrogen) atoms. The fourth-order valence-corrected chi connectivity index (χ4v) is 3.67. The van der Waals surface area contributed by atoms with Crippen LogP contribution in [0.1, 0.15) is 32.1 Å². The molecule has 3 heterocycles. The highest BCUT2D eigenvalue weighted by atomic mass is 16.2. The van der Waals surface area contributed by atoms with Crippen LogP contribution in [0.2, 0.25) is 0 Å². The number of aromatic nitrogens is 2. The van der Waals surface area contributed by atoms with Gasteiger partial charge in [0, 0.05) is 31.9 Å². The summed E-state index contributed by atoms with van der Waals surface area (Å²) in [6.45, 7) is 1.87. The van der Waals surface area contributed by atoms with Crippen molar-refractivity contribution >= 4 is 11.9 Å². The predicted octanol–water partition coefficient (Wildman–Crippen LogP) is 1.46. The van der Waals surface area contributed by atoms with E-state index in [4.69, 9.17) is 0 Å². The van der Waals surface area contributed by atoms with Crippen molar-refractivity contribution < 1.29 is 4.79 Å². The van der Waals surface area contributed by atoms with Gasteiger partial charge in [0.1, 0.15) is 0 Å². The number of rotatable bonds is 3. The lowest BCUT2D eigenvalue weighted by Crippen LogP contribution is -2.40. The quantitative estimate of drug-likeness (QED) is 0.836. The van der Waals surface area contributed by atoms with Gasteiger partial charge in [-0.1, -0.05) is 0 Å². The molecule has 2 aliphatic heterocycles. The molecule has 2 saturated heterocycles. The Bertz CT molecular complexity index is 502. The van der Waals surface area contributed by atoms with Crippen LogP contribution in [-0.2, 0) is 4.79 Å². The van der Waals surface area contributed by atoms with Crippen LogP contribution in [0.4, 0.5) is 5.95 Å². The van der Waals surface area contributed by atoms with Gasteiger partial charge >= 0.3 is 0 Å². The van der Waals surface area contributed by atoms with Crippen molar-refractivity contribution in [1.29, 1.82) is 0 Å². The molecule has 2 atom stereocenters. The van der Waals surface area contributed by atoms with Crippen LogP contribution in [0.5, 0.6) is 0 Å². The second-order valence-electron chi connectivity index (χ2n) is 6.19. The van der Waals surface area contributed by atoms with Crippen molar-refractivity contribution in [3.63, 3.8) is 0 Å². The molecule has 0 bridgehead atoms. The van der Waals surface area contributed by atoms with Crippen LogP contribution >= 0.6 is 0 Å². The van der Waals surface area contributed by atoms with E-state index < -0.39 is 0 Å². The molecule has 3 fully saturated rings. The van der Waals surface area contributed by atoms with Gasteiger partial charge in [0.25, 0.3) is 0 Å². The first kappa shape index (κ1) is 12.1. The largest absolute Gasteiger partial charge is 0.337 e. The Kier molecular flexibility index (Phi) is 2.86. The molecule has 1 aromatic heterocycles. The molecular formula is C15H20N4O. The molecule has 3 aliphatic rings. The maximum Gasteiger partial charge on any atom is 0.225 e. The molecule has 0 aromatic carbocycles. The molecule has 0 spiro atoms. The number of carbonyl (C=O) groups excluding carboxylic acids is 1. The van der Waals surface area contributed by atoms with E-state index in [1.165, 1.54) is 12.8 Å². The van der Waals surface area contributed by atoms with E-state index in [0.717, 1.165) is 38.3 Å². The molecule has 5 heteroatoms. The summed E-state index contributed by atoms with van der Waals surface area (Å²) in [4.78, 5) is 25.5. The van der Waals surface area contributed by atoms with Gasteiger partial charge in [0.05, 0.1) is 12.1 Å². The minimum atomic E-state index is 0.371. The monoisotopic (exact) mass is 272 g/mol. The number of hydrogen-bond acceptors (Lipinski definition) is 4. The van der Waals surface area contributed by atoms with Crippen molar-refractivity contribution in [3.05, 3.63) is 18.5 Å². The van der Waals surface area contributed by atoms with E-state index in [0.29, 0.717) is 23.9 Å². The summed E-state index contributed by atoms with van der Waals surface area (Å²) in [7, 11) is 0. The second-order valence-corrected chi connectivity index (χ2v) is 6.19. The van der Waals surface area contributed by atoms with Gasteiger partial charge in [-0.2, -0.15) is 0 Å². The maximum absolute atomic E-state index is 12.4. The molecule has 0 unspecified atom stereocenters. The number of hydrogen-bond donors (Lipinski definition) is 0. The number of amides is 1. The number of carbonyl (C=O) groups is 1. The van der Waals surface area contributed by atoms with Crippen LogP contribution in [0.15, 0.2) is 18.5 Å². The van der Waals surface area contributed by atoms with E-state index in [-0.39, 0.29) is 0 Å². The standard InChI is InChI=1S/C15H20N4O/c20-14(10-11-2-3-11)18-8-4-13-12(18)5-9-19(13)15-16-6-1-7-17-15/h1,6-7,11-13H,2-5,8-10H2/t12-,13+/m0/s1. The van der Waals surface area contributed by atoms with Gasteiger partial charge in [0.15, 0.2) is 0 Å². The van der Waals surface area contributed by atoms with Crippen molar-refractivity contribution in [2.24, 2.45) is 5.92 Å². The van der Waals surface area contributed by atoms with Crippen LogP contribution < -0.4 is 4.90 Å². The molecule has 0 N–H and O–H groups in total. The summed E-state index contributed by atoms with van der Waals surface area (Å²) in [5, 5.41) is 0. The second kappa shape index (κ2) is 4.72. The lowest BCUT2D eigenvalue weighted by atomic mass is 10.1. The lowest BCUT2D eigenvalue weighted by Gasteiger charge is -2.25. The molecule has 1 saturated carbocycles. The van der Waals surface area contributed by atoms with E-state index >= 15 is 0 Å². The zero-order valence-corrected chi connectivity index (χ0v) is 11.6. The molecule has 1 aliphatic carbocycles. The van der Waals surface area contributed by atoms with Gasteiger partial charge in [-0.15, -0.1) is 0 Å². The fraction of sp³-hybridized carbons (Fsp3) is 0.667. The Morgan fingerprint density at radius 3 is 2.60 bits per heavy atom. The van der Waals surface area contributed by atoms with E-state index in [1.54, 1.807) is 12.4 Å². The normalized spacial score (nSPS) is 28.8. The lowest BCUT2D eigenvalue weighted by molar-refractivity contribution is -0.132. The summed E-state index contributed by atoms with van der Waals surface area (Å²) in [6, 6.07) is 2.64. The van der Waals surface area contributed by atoms with Crippen LogP contribution in [0.3, 0.4) is 0 Å².